The Kier molecular flexibility index (Phi) is 5.25. The maximum absolute atomic E-state index is 11.5. The maximum Gasteiger partial charge on any atom is 0.343 e. The van der Waals surface area contributed by atoms with Crippen molar-refractivity contribution in [2.75, 3.05) is 5.75 Å². The van der Waals surface area contributed by atoms with Gasteiger partial charge in [-0.15, -0.1) is 5.10 Å². The second-order valence-corrected chi connectivity index (χ2v) is 6.28. The quantitative estimate of drug-likeness (QED) is 0.804. The molecule has 0 spiro atoms. The number of hydrogen-bond acceptors (Lipinski definition) is 4. The Morgan fingerprint density at radius 3 is 2.48 bits per heavy atom. The van der Waals surface area contributed by atoms with Crippen molar-refractivity contribution in [3.8, 4) is 0 Å². The predicted molar refractivity (Wildman–Crippen MR) is 86.7 cm³/mol. The standard InChI is InChI=1S/C15H22N4OS/c1-4-19-14(20)17-18-15(19)21-9-13(16)12-7-5-11(6-8-12)10(2)3/h5-8,10,13H,4,9,16H2,1-3H3,(H,17,20). The van der Waals surface area contributed by atoms with Crippen molar-refractivity contribution in [3.63, 3.8) is 0 Å². The van der Waals surface area contributed by atoms with Gasteiger partial charge in [0.05, 0.1) is 0 Å². The molecule has 6 heteroatoms. The Morgan fingerprint density at radius 2 is 1.90 bits per heavy atom. The first-order valence-corrected chi connectivity index (χ1v) is 8.15. The molecule has 1 heterocycles. The van der Waals surface area contributed by atoms with Crippen LogP contribution in [0.25, 0.3) is 0 Å². The van der Waals surface area contributed by atoms with Gasteiger partial charge in [0.1, 0.15) is 0 Å². The minimum Gasteiger partial charge on any atom is -0.323 e. The molecule has 0 saturated heterocycles. The van der Waals surface area contributed by atoms with Gasteiger partial charge in [0.25, 0.3) is 0 Å². The summed E-state index contributed by atoms with van der Waals surface area (Å²) in [6.07, 6.45) is 0. The second kappa shape index (κ2) is 6.95. The van der Waals surface area contributed by atoms with Crippen LogP contribution < -0.4 is 11.4 Å². The van der Waals surface area contributed by atoms with Crippen molar-refractivity contribution in [1.82, 2.24) is 14.8 Å². The largest absolute Gasteiger partial charge is 0.343 e. The van der Waals surface area contributed by atoms with Crippen LogP contribution in [0.15, 0.2) is 34.2 Å². The lowest BCUT2D eigenvalue weighted by atomic mass is 10.00. The number of aromatic amines is 1. The van der Waals surface area contributed by atoms with Crippen molar-refractivity contribution in [1.29, 1.82) is 0 Å². The lowest BCUT2D eigenvalue weighted by molar-refractivity contribution is 0.659. The van der Waals surface area contributed by atoms with Crippen LogP contribution in [-0.4, -0.2) is 20.5 Å². The highest BCUT2D eigenvalue weighted by atomic mass is 32.2. The highest BCUT2D eigenvalue weighted by Crippen LogP contribution is 2.22. The summed E-state index contributed by atoms with van der Waals surface area (Å²) in [5, 5.41) is 7.18. The molecule has 21 heavy (non-hydrogen) atoms. The average molecular weight is 306 g/mol. The van der Waals surface area contributed by atoms with Crippen molar-refractivity contribution in [2.24, 2.45) is 5.73 Å². The number of thioether (sulfide) groups is 1. The second-order valence-electron chi connectivity index (χ2n) is 5.29. The first-order valence-electron chi connectivity index (χ1n) is 7.16. The van der Waals surface area contributed by atoms with Crippen LogP contribution in [-0.2, 0) is 6.54 Å². The molecule has 0 aliphatic heterocycles. The summed E-state index contributed by atoms with van der Waals surface area (Å²) in [6, 6.07) is 8.34. The van der Waals surface area contributed by atoms with Gasteiger partial charge >= 0.3 is 5.69 Å². The summed E-state index contributed by atoms with van der Waals surface area (Å²) in [5.41, 5.74) is 8.47. The van der Waals surface area contributed by atoms with E-state index in [0.29, 0.717) is 23.4 Å². The number of nitrogens with one attached hydrogen (secondary N) is 1. The third-order valence-corrected chi connectivity index (χ3v) is 4.56. The van der Waals surface area contributed by atoms with Crippen molar-refractivity contribution in [2.45, 2.75) is 44.4 Å². The van der Waals surface area contributed by atoms with Gasteiger partial charge in [-0.3, -0.25) is 4.57 Å². The summed E-state index contributed by atoms with van der Waals surface area (Å²) in [4.78, 5) is 11.5. The van der Waals surface area contributed by atoms with E-state index in [1.54, 1.807) is 4.57 Å². The molecule has 0 aliphatic rings. The van der Waals surface area contributed by atoms with Crippen LogP contribution in [0.5, 0.6) is 0 Å². The normalized spacial score (nSPS) is 12.8. The van der Waals surface area contributed by atoms with Gasteiger partial charge in [-0.25, -0.2) is 9.89 Å². The summed E-state index contributed by atoms with van der Waals surface area (Å²) < 4.78 is 1.61. The molecule has 3 N–H and O–H groups in total. The summed E-state index contributed by atoms with van der Waals surface area (Å²) in [5.74, 6) is 1.21. The zero-order chi connectivity index (χ0) is 15.4. The van der Waals surface area contributed by atoms with Crippen LogP contribution in [0.1, 0.15) is 43.9 Å². The Morgan fingerprint density at radius 1 is 1.29 bits per heavy atom. The van der Waals surface area contributed by atoms with Gasteiger partial charge in [-0.05, 0) is 24.0 Å². The third-order valence-electron chi connectivity index (χ3n) is 3.46. The minimum atomic E-state index is -0.171. The number of aromatic nitrogens is 3. The van der Waals surface area contributed by atoms with Gasteiger partial charge in [0.2, 0.25) is 0 Å². The fourth-order valence-electron chi connectivity index (χ4n) is 2.08. The molecule has 0 aliphatic carbocycles. The zero-order valence-corrected chi connectivity index (χ0v) is 13.5. The van der Waals surface area contributed by atoms with Crippen molar-refractivity contribution in [3.05, 3.63) is 45.9 Å². The molecular formula is C15H22N4OS. The smallest absolute Gasteiger partial charge is 0.323 e. The fourth-order valence-corrected chi connectivity index (χ4v) is 3.08. The molecule has 0 bridgehead atoms. The number of nitrogens with zero attached hydrogens (tertiary/aromatic N) is 2. The molecular weight excluding hydrogens is 284 g/mol. The molecule has 5 nitrogen and oxygen atoms in total. The molecule has 0 radical (unpaired) electrons. The van der Waals surface area contributed by atoms with Crippen molar-refractivity contribution < 1.29 is 0 Å². The highest BCUT2D eigenvalue weighted by molar-refractivity contribution is 7.99. The molecule has 2 aromatic rings. The number of nitrogens with two attached hydrogens (primary N) is 1. The SMILES string of the molecule is CCn1c(SCC(N)c2ccc(C(C)C)cc2)n[nH]c1=O. The summed E-state index contributed by atoms with van der Waals surface area (Å²) in [7, 11) is 0. The van der Waals surface area contributed by atoms with E-state index >= 15 is 0 Å². The van der Waals surface area contributed by atoms with Gasteiger partial charge < -0.3 is 5.73 Å². The van der Waals surface area contributed by atoms with Crippen LogP contribution in [0, 0.1) is 0 Å². The lowest BCUT2D eigenvalue weighted by Gasteiger charge is -2.13. The highest BCUT2D eigenvalue weighted by Gasteiger charge is 2.12. The fraction of sp³-hybridized carbons (Fsp3) is 0.467. The summed E-state index contributed by atoms with van der Waals surface area (Å²) in [6.45, 7) is 6.88. The average Bonchev–Trinajstić information content (AvgIpc) is 2.85. The lowest BCUT2D eigenvalue weighted by Crippen LogP contribution is -2.17. The van der Waals surface area contributed by atoms with E-state index in [1.165, 1.54) is 17.3 Å². The van der Waals surface area contributed by atoms with Crippen LogP contribution in [0.2, 0.25) is 0 Å². The van der Waals surface area contributed by atoms with E-state index in [4.69, 9.17) is 5.73 Å². The Bertz CT molecular complexity index is 630. The van der Waals surface area contributed by atoms with Crippen molar-refractivity contribution >= 4 is 11.8 Å². The van der Waals surface area contributed by atoms with Crippen LogP contribution in [0.3, 0.4) is 0 Å². The molecule has 0 saturated carbocycles. The molecule has 1 atom stereocenters. The monoisotopic (exact) mass is 306 g/mol. The molecule has 0 fully saturated rings. The number of rotatable bonds is 6. The molecule has 1 unspecified atom stereocenters. The Balaban J connectivity index is 2.01. The molecule has 0 amide bonds. The van der Waals surface area contributed by atoms with Gasteiger partial charge in [0.15, 0.2) is 5.16 Å². The van der Waals surface area contributed by atoms with Gasteiger partial charge in [0, 0.05) is 18.3 Å². The zero-order valence-electron chi connectivity index (χ0n) is 12.7. The molecule has 114 valence electrons. The number of H-pyrrole nitrogens is 1. The number of hydrogen-bond donors (Lipinski definition) is 2. The van der Waals surface area contributed by atoms with Crippen LogP contribution >= 0.6 is 11.8 Å². The number of benzene rings is 1. The van der Waals surface area contributed by atoms with Gasteiger partial charge in [-0.1, -0.05) is 49.9 Å². The predicted octanol–water partition coefficient (Wildman–Crippen LogP) is 2.51. The van der Waals surface area contributed by atoms with Gasteiger partial charge in [-0.2, -0.15) is 0 Å². The van der Waals surface area contributed by atoms with Crippen LogP contribution in [0.4, 0.5) is 0 Å². The van der Waals surface area contributed by atoms with E-state index in [0.717, 1.165) is 5.56 Å². The first kappa shape index (κ1) is 15.9. The first-order chi connectivity index (χ1) is 10.0. The van der Waals surface area contributed by atoms with E-state index in [9.17, 15) is 4.79 Å². The Hall–Kier alpha value is -1.53. The molecule has 2 rings (SSSR count). The van der Waals surface area contributed by atoms with E-state index in [2.05, 4.69) is 48.3 Å². The third kappa shape index (κ3) is 3.77. The molecule has 1 aromatic heterocycles. The topological polar surface area (TPSA) is 76.7 Å². The van der Waals surface area contributed by atoms with E-state index < -0.39 is 0 Å². The van der Waals surface area contributed by atoms with E-state index in [-0.39, 0.29) is 11.7 Å². The Labute approximate surface area is 128 Å². The minimum absolute atomic E-state index is 0.0756. The molecule has 1 aromatic carbocycles. The maximum atomic E-state index is 11.5. The van der Waals surface area contributed by atoms with E-state index in [1.807, 2.05) is 6.92 Å². The summed E-state index contributed by atoms with van der Waals surface area (Å²) >= 11 is 1.50.